The molecule has 28 heavy (non-hydrogen) atoms. The number of nitrogens with one attached hydrogen (secondary N) is 1. The first-order chi connectivity index (χ1) is 13.5. The van der Waals surface area contributed by atoms with Crippen LogP contribution >= 0.6 is 11.8 Å². The summed E-state index contributed by atoms with van der Waals surface area (Å²) in [7, 11) is -1.55. The molecule has 1 aliphatic heterocycles. The fraction of sp³-hybridized carbons (Fsp3) is 0.429. The van der Waals surface area contributed by atoms with E-state index in [1.165, 1.54) is 17.4 Å². The van der Waals surface area contributed by atoms with Crippen molar-refractivity contribution in [2.24, 2.45) is 0 Å². The smallest absolute Gasteiger partial charge is 0.211 e. The normalized spacial score (nSPS) is 20.4. The van der Waals surface area contributed by atoms with E-state index in [0.29, 0.717) is 18.3 Å². The number of thioether (sulfide) groups is 1. The molecule has 3 rings (SSSR count). The van der Waals surface area contributed by atoms with E-state index in [1.54, 1.807) is 11.4 Å². The lowest BCUT2D eigenvalue weighted by Gasteiger charge is -2.22. The molecule has 0 saturated carbocycles. The van der Waals surface area contributed by atoms with Gasteiger partial charge < -0.3 is 10.1 Å². The van der Waals surface area contributed by atoms with Crippen LogP contribution < -0.4 is 10.1 Å². The Morgan fingerprint density at radius 1 is 1.11 bits per heavy atom. The maximum absolute atomic E-state index is 12.2. The minimum Gasteiger partial charge on any atom is -0.497 e. The molecule has 1 fully saturated rings. The van der Waals surface area contributed by atoms with Crippen LogP contribution in [-0.2, 0) is 22.3 Å². The van der Waals surface area contributed by atoms with Gasteiger partial charge in [0, 0.05) is 36.7 Å². The molecule has 0 spiro atoms. The summed E-state index contributed by atoms with van der Waals surface area (Å²) in [6, 6.07) is 18.2. The number of hydrogen-bond acceptors (Lipinski definition) is 5. The van der Waals surface area contributed by atoms with Crippen LogP contribution in [0.3, 0.4) is 0 Å². The number of rotatable bonds is 9. The predicted octanol–water partition coefficient (Wildman–Crippen LogP) is 3.12. The number of methoxy groups -OCH3 is 1. The molecule has 2 aromatic carbocycles. The minimum atomic E-state index is -3.21. The van der Waals surface area contributed by atoms with Gasteiger partial charge >= 0.3 is 0 Å². The second-order valence-electron chi connectivity index (χ2n) is 7.12. The molecule has 1 aliphatic rings. The first-order valence-electron chi connectivity index (χ1n) is 9.41. The van der Waals surface area contributed by atoms with E-state index in [-0.39, 0.29) is 6.04 Å². The summed E-state index contributed by atoms with van der Waals surface area (Å²) in [6.07, 6.45) is 2.18. The van der Waals surface area contributed by atoms with Crippen LogP contribution in [-0.4, -0.2) is 50.5 Å². The molecule has 0 radical (unpaired) electrons. The third kappa shape index (κ3) is 5.98. The van der Waals surface area contributed by atoms with E-state index < -0.39 is 10.0 Å². The highest BCUT2D eigenvalue weighted by atomic mass is 32.2. The molecule has 0 amide bonds. The van der Waals surface area contributed by atoms with Gasteiger partial charge in [-0.15, -0.1) is 0 Å². The van der Waals surface area contributed by atoms with Gasteiger partial charge in [-0.05, 0) is 29.7 Å². The fourth-order valence-corrected chi connectivity index (χ4v) is 5.96. The summed E-state index contributed by atoms with van der Waals surface area (Å²) in [6.45, 7) is 2.00. The van der Waals surface area contributed by atoms with E-state index in [0.717, 1.165) is 24.5 Å². The van der Waals surface area contributed by atoms with E-state index in [4.69, 9.17) is 4.74 Å². The molecule has 0 aromatic heterocycles. The Morgan fingerprint density at radius 3 is 2.46 bits per heavy atom. The Balaban J connectivity index is 1.54. The average molecular weight is 421 g/mol. The molecule has 0 aliphatic carbocycles. The SMILES string of the molecule is COc1ccc(CSC2CC(CNCc3ccccc3)N(S(C)(=O)=O)C2)cc1. The van der Waals surface area contributed by atoms with Crippen molar-refractivity contribution in [2.45, 2.75) is 30.0 Å². The largest absolute Gasteiger partial charge is 0.497 e. The van der Waals surface area contributed by atoms with Gasteiger partial charge in [0.1, 0.15) is 5.75 Å². The predicted molar refractivity (Wildman–Crippen MR) is 116 cm³/mol. The third-order valence-corrected chi connectivity index (χ3v) is 7.56. The number of hydrogen-bond donors (Lipinski definition) is 1. The summed E-state index contributed by atoms with van der Waals surface area (Å²) < 4.78 is 31.3. The maximum Gasteiger partial charge on any atom is 0.211 e. The van der Waals surface area contributed by atoms with E-state index in [1.807, 2.05) is 42.1 Å². The van der Waals surface area contributed by atoms with Crippen LogP contribution in [0, 0.1) is 0 Å². The zero-order valence-electron chi connectivity index (χ0n) is 16.4. The highest BCUT2D eigenvalue weighted by molar-refractivity contribution is 7.99. The topological polar surface area (TPSA) is 58.6 Å². The van der Waals surface area contributed by atoms with Crippen LogP contribution in [0.25, 0.3) is 0 Å². The Morgan fingerprint density at radius 2 is 1.82 bits per heavy atom. The van der Waals surface area contributed by atoms with E-state index >= 15 is 0 Å². The second-order valence-corrected chi connectivity index (χ2v) is 10.3. The van der Waals surface area contributed by atoms with Crippen LogP contribution in [0.5, 0.6) is 5.75 Å². The van der Waals surface area contributed by atoms with Crippen molar-refractivity contribution in [1.82, 2.24) is 9.62 Å². The third-order valence-electron chi connectivity index (χ3n) is 4.95. The Kier molecular flexibility index (Phi) is 7.40. The lowest BCUT2D eigenvalue weighted by Crippen LogP contribution is -2.40. The number of nitrogens with zero attached hydrogens (tertiary/aromatic N) is 1. The zero-order chi connectivity index (χ0) is 20.0. The van der Waals surface area contributed by atoms with Gasteiger partial charge in [-0.1, -0.05) is 42.5 Å². The van der Waals surface area contributed by atoms with Crippen LogP contribution in [0.2, 0.25) is 0 Å². The molecule has 2 unspecified atom stereocenters. The van der Waals surface area contributed by atoms with Crippen molar-refractivity contribution in [3.63, 3.8) is 0 Å². The molecule has 1 N–H and O–H groups in total. The number of ether oxygens (including phenoxy) is 1. The summed E-state index contributed by atoms with van der Waals surface area (Å²) in [4.78, 5) is 0. The van der Waals surface area contributed by atoms with Gasteiger partial charge in [0.15, 0.2) is 0 Å². The molecule has 2 aromatic rings. The molecule has 1 heterocycles. The van der Waals surface area contributed by atoms with Crippen LogP contribution in [0.4, 0.5) is 0 Å². The first kappa shape index (κ1) is 21.2. The van der Waals surface area contributed by atoms with Gasteiger partial charge in [-0.2, -0.15) is 16.1 Å². The molecule has 1 saturated heterocycles. The maximum atomic E-state index is 12.2. The van der Waals surface area contributed by atoms with Gasteiger partial charge in [0.2, 0.25) is 10.0 Å². The van der Waals surface area contributed by atoms with Crippen LogP contribution in [0.1, 0.15) is 17.5 Å². The van der Waals surface area contributed by atoms with Gasteiger partial charge in [-0.25, -0.2) is 8.42 Å². The van der Waals surface area contributed by atoms with E-state index in [9.17, 15) is 8.42 Å². The standard InChI is InChI=1S/C21H28N2O3S2/c1-26-20-10-8-18(9-11-20)16-27-21-12-19(23(15-21)28(2,24)25)14-22-13-17-6-4-3-5-7-17/h3-11,19,21-22H,12-16H2,1-2H3. The molecule has 152 valence electrons. The second kappa shape index (κ2) is 9.78. The Hall–Kier alpha value is -1.54. The summed E-state index contributed by atoms with van der Waals surface area (Å²) in [5, 5.41) is 3.73. The lowest BCUT2D eigenvalue weighted by atomic mass is 10.2. The average Bonchev–Trinajstić information content (AvgIpc) is 3.11. The van der Waals surface area contributed by atoms with Gasteiger partial charge in [0.25, 0.3) is 0 Å². The first-order valence-corrected chi connectivity index (χ1v) is 12.3. The fourth-order valence-electron chi connectivity index (χ4n) is 3.47. The molecule has 5 nitrogen and oxygen atoms in total. The highest BCUT2D eigenvalue weighted by Gasteiger charge is 2.37. The van der Waals surface area contributed by atoms with Crippen LogP contribution in [0.15, 0.2) is 54.6 Å². The Bertz CT molecular complexity index is 842. The minimum absolute atomic E-state index is 0.00656. The van der Waals surface area contributed by atoms with Crippen molar-refractivity contribution in [3.05, 3.63) is 65.7 Å². The van der Waals surface area contributed by atoms with Gasteiger partial charge in [0.05, 0.1) is 13.4 Å². The van der Waals surface area contributed by atoms with Crippen molar-refractivity contribution in [2.75, 3.05) is 26.5 Å². The van der Waals surface area contributed by atoms with Crippen molar-refractivity contribution < 1.29 is 13.2 Å². The lowest BCUT2D eigenvalue weighted by molar-refractivity contribution is 0.374. The summed E-state index contributed by atoms with van der Waals surface area (Å²) in [5.74, 6) is 1.72. The zero-order valence-corrected chi connectivity index (χ0v) is 18.0. The molecule has 7 heteroatoms. The molecular formula is C21H28N2O3S2. The molecule has 0 bridgehead atoms. The van der Waals surface area contributed by atoms with Crippen molar-refractivity contribution in [1.29, 1.82) is 0 Å². The molecule has 2 atom stereocenters. The van der Waals surface area contributed by atoms with E-state index in [2.05, 4.69) is 29.6 Å². The number of sulfonamides is 1. The summed E-state index contributed by atoms with van der Waals surface area (Å²) >= 11 is 1.83. The van der Waals surface area contributed by atoms with Crippen molar-refractivity contribution >= 4 is 21.8 Å². The molecular weight excluding hydrogens is 392 g/mol. The Labute approximate surface area is 172 Å². The van der Waals surface area contributed by atoms with Gasteiger partial charge in [-0.3, -0.25) is 0 Å². The number of benzene rings is 2. The summed E-state index contributed by atoms with van der Waals surface area (Å²) in [5.41, 5.74) is 2.43. The monoisotopic (exact) mass is 420 g/mol. The quantitative estimate of drug-likeness (QED) is 0.675. The highest BCUT2D eigenvalue weighted by Crippen LogP contribution is 2.31. The van der Waals surface area contributed by atoms with Crippen molar-refractivity contribution in [3.8, 4) is 5.75 Å².